The van der Waals surface area contributed by atoms with Gasteiger partial charge < -0.3 is 10.0 Å². The summed E-state index contributed by atoms with van der Waals surface area (Å²) in [5.74, 6) is -0.995. The Balaban J connectivity index is 0.00000400. The van der Waals surface area contributed by atoms with E-state index < -0.39 is 5.97 Å². The van der Waals surface area contributed by atoms with Crippen molar-refractivity contribution >= 4 is 24.3 Å². The van der Waals surface area contributed by atoms with Gasteiger partial charge in [0.15, 0.2) is 0 Å². The fourth-order valence-electron chi connectivity index (χ4n) is 3.04. The molecule has 0 saturated carbocycles. The molecule has 0 aliphatic carbocycles. The van der Waals surface area contributed by atoms with Crippen molar-refractivity contribution in [1.29, 1.82) is 0 Å². The molecule has 0 aromatic heterocycles. The van der Waals surface area contributed by atoms with Crippen molar-refractivity contribution in [3.8, 4) is 0 Å². The average Bonchev–Trinajstić information content (AvgIpc) is 2.37. The number of nitrogens with zero attached hydrogens (tertiary/aromatic N) is 2. The third kappa shape index (κ3) is 5.15. The van der Waals surface area contributed by atoms with Gasteiger partial charge in [-0.25, -0.2) is 0 Å². The van der Waals surface area contributed by atoms with Crippen molar-refractivity contribution in [2.45, 2.75) is 65.6 Å². The molecule has 2 atom stereocenters. The number of carbonyl (C=O) groups is 2. The fraction of sp³-hybridized carbons (Fsp3) is 0.867. The quantitative estimate of drug-likeness (QED) is 0.844. The molecule has 0 spiro atoms. The number of aliphatic carboxylic acids is 1. The van der Waals surface area contributed by atoms with Crippen LogP contribution in [0.5, 0.6) is 0 Å². The Morgan fingerprint density at radius 2 is 1.67 bits per heavy atom. The third-order valence-electron chi connectivity index (χ3n) is 4.07. The van der Waals surface area contributed by atoms with Crippen LogP contribution in [0.1, 0.15) is 47.5 Å². The number of carboxylic acids is 1. The predicted octanol–water partition coefficient (Wildman–Crippen LogP) is 2.24. The second-order valence-corrected chi connectivity index (χ2v) is 6.28. The van der Waals surface area contributed by atoms with E-state index in [2.05, 4.69) is 0 Å². The molecule has 21 heavy (non-hydrogen) atoms. The number of hydrogen-bond donors (Lipinski definition) is 1. The van der Waals surface area contributed by atoms with E-state index in [1.54, 1.807) is 0 Å². The summed E-state index contributed by atoms with van der Waals surface area (Å²) in [4.78, 5) is 27.7. The molecule has 5 nitrogen and oxygen atoms in total. The summed E-state index contributed by atoms with van der Waals surface area (Å²) < 4.78 is 0. The maximum Gasteiger partial charge on any atom is 0.307 e. The Labute approximate surface area is 134 Å². The van der Waals surface area contributed by atoms with Crippen molar-refractivity contribution in [1.82, 2.24) is 9.80 Å². The molecular weight excluding hydrogens is 292 g/mol. The summed E-state index contributed by atoms with van der Waals surface area (Å²) in [5.41, 5.74) is 0. The van der Waals surface area contributed by atoms with Crippen LogP contribution >= 0.6 is 12.4 Å². The SMILES string of the molecule is CC(C(=O)N(C(C)C)C(C)C)N1CCCC(C(=O)O)C1.Cl. The number of carbonyl (C=O) groups excluding carboxylic acids is 1. The van der Waals surface area contributed by atoms with E-state index in [9.17, 15) is 9.59 Å². The molecule has 1 aliphatic rings. The van der Waals surface area contributed by atoms with E-state index in [4.69, 9.17) is 5.11 Å². The van der Waals surface area contributed by atoms with Gasteiger partial charge in [0.2, 0.25) is 5.91 Å². The number of halogens is 1. The number of amides is 1. The lowest BCUT2D eigenvalue weighted by molar-refractivity contribution is -0.147. The van der Waals surface area contributed by atoms with Gasteiger partial charge in [-0.05, 0) is 54.0 Å². The van der Waals surface area contributed by atoms with Crippen molar-refractivity contribution < 1.29 is 14.7 Å². The van der Waals surface area contributed by atoms with Crippen LogP contribution in [-0.4, -0.2) is 58.0 Å². The van der Waals surface area contributed by atoms with Crippen LogP contribution in [0.15, 0.2) is 0 Å². The normalized spacial score (nSPS) is 21.0. The van der Waals surface area contributed by atoms with E-state index in [1.165, 1.54) is 0 Å². The molecule has 0 aromatic carbocycles. The van der Waals surface area contributed by atoms with E-state index in [0.717, 1.165) is 13.0 Å². The second kappa shape index (κ2) is 8.59. The molecule has 1 saturated heterocycles. The van der Waals surface area contributed by atoms with Gasteiger partial charge >= 0.3 is 5.97 Å². The maximum atomic E-state index is 12.6. The Morgan fingerprint density at radius 1 is 1.14 bits per heavy atom. The molecule has 1 aliphatic heterocycles. The van der Waals surface area contributed by atoms with Crippen LogP contribution in [0.3, 0.4) is 0 Å². The van der Waals surface area contributed by atoms with E-state index in [0.29, 0.717) is 13.0 Å². The largest absolute Gasteiger partial charge is 0.481 e. The topological polar surface area (TPSA) is 60.9 Å². The second-order valence-electron chi connectivity index (χ2n) is 6.28. The number of rotatable bonds is 5. The molecule has 1 rings (SSSR count). The van der Waals surface area contributed by atoms with Crippen molar-refractivity contribution in [3.63, 3.8) is 0 Å². The zero-order valence-corrected chi connectivity index (χ0v) is 14.5. The van der Waals surface area contributed by atoms with Gasteiger partial charge in [0.25, 0.3) is 0 Å². The number of hydrogen-bond acceptors (Lipinski definition) is 3. The van der Waals surface area contributed by atoms with E-state index in [1.807, 2.05) is 44.4 Å². The van der Waals surface area contributed by atoms with Gasteiger partial charge in [-0.15, -0.1) is 12.4 Å². The lowest BCUT2D eigenvalue weighted by atomic mass is 9.96. The first-order valence-electron chi connectivity index (χ1n) is 7.54. The molecule has 1 amide bonds. The Morgan fingerprint density at radius 3 is 2.10 bits per heavy atom. The smallest absolute Gasteiger partial charge is 0.307 e. The van der Waals surface area contributed by atoms with Gasteiger partial charge in [-0.3, -0.25) is 14.5 Å². The monoisotopic (exact) mass is 320 g/mol. The molecule has 6 heteroatoms. The van der Waals surface area contributed by atoms with Crippen LogP contribution < -0.4 is 0 Å². The minimum absolute atomic E-state index is 0. The summed E-state index contributed by atoms with van der Waals surface area (Å²) in [7, 11) is 0. The number of likely N-dealkylation sites (tertiary alicyclic amines) is 1. The molecule has 0 radical (unpaired) electrons. The highest BCUT2D eigenvalue weighted by molar-refractivity contribution is 5.85. The van der Waals surface area contributed by atoms with Gasteiger partial charge in [0.05, 0.1) is 12.0 Å². The summed E-state index contributed by atoms with van der Waals surface area (Å²) in [6, 6.07) is 0.0666. The summed E-state index contributed by atoms with van der Waals surface area (Å²) in [6.45, 7) is 11.2. The van der Waals surface area contributed by atoms with Gasteiger partial charge in [-0.1, -0.05) is 0 Å². The number of carboxylic acid groups (broad SMARTS) is 1. The van der Waals surface area contributed by atoms with Crippen LogP contribution in [0.2, 0.25) is 0 Å². The van der Waals surface area contributed by atoms with Gasteiger partial charge in [0.1, 0.15) is 0 Å². The molecule has 1 N–H and O–H groups in total. The number of piperidine rings is 1. The van der Waals surface area contributed by atoms with E-state index in [-0.39, 0.29) is 42.4 Å². The van der Waals surface area contributed by atoms with Crippen LogP contribution in [0.25, 0.3) is 0 Å². The van der Waals surface area contributed by atoms with Crippen molar-refractivity contribution in [2.75, 3.05) is 13.1 Å². The first-order valence-corrected chi connectivity index (χ1v) is 7.54. The minimum atomic E-state index is -0.751. The predicted molar refractivity (Wildman–Crippen MR) is 85.8 cm³/mol. The zero-order valence-electron chi connectivity index (χ0n) is 13.7. The lowest BCUT2D eigenvalue weighted by Gasteiger charge is -2.39. The van der Waals surface area contributed by atoms with Crippen molar-refractivity contribution in [2.24, 2.45) is 5.92 Å². The summed E-state index contributed by atoms with van der Waals surface area (Å²) in [5, 5.41) is 9.14. The first kappa shape index (κ1) is 20.2. The van der Waals surface area contributed by atoms with Crippen LogP contribution in [0, 0.1) is 5.92 Å². The maximum absolute atomic E-state index is 12.6. The van der Waals surface area contributed by atoms with Gasteiger partial charge in [0, 0.05) is 18.6 Å². The zero-order chi connectivity index (χ0) is 15.4. The average molecular weight is 321 g/mol. The molecule has 0 bridgehead atoms. The summed E-state index contributed by atoms with van der Waals surface area (Å²) >= 11 is 0. The fourth-order valence-corrected chi connectivity index (χ4v) is 3.04. The highest BCUT2D eigenvalue weighted by Crippen LogP contribution is 2.20. The Hall–Kier alpha value is -0.810. The molecule has 124 valence electrons. The van der Waals surface area contributed by atoms with E-state index >= 15 is 0 Å². The van der Waals surface area contributed by atoms with Crippen molar-refractivity contribution in [3.05, 3.63) is 0 Å². The first-order chi connectivity index (χ1) is 9.25. The third-order valence-corrected chi connectivity index (χ3v) is 4.07. The van der Waals surface area contributed by atoms with Gasteiger partial charge in [-0.2, -0.15) is 0 Å². The summed E-state index contributed by atoms with van der Waals surface area (Å²) in [6.07, 6.45) is 1.56. The molecule has 0 aromatic rings. The molecule has 1 fully saturated rings. The van der Waals surface area contributed by atoms with Crippen LogP contribution in [-0.2, 0) is 9.59 Å². The van der Waals surface area contributed by atoms with Crippen LogP contribution in [0.4, 0.5) is 0 Å². The molecule has 1 heterocycles. The molecular formula is C15H29ClN2O3. The highest BCUT2D eigenvalue weighted by Gasteiger charge is 2.33. The Kier molecular flexibility index (Phi) is 8.26. The lowest BCUT2D eigenvalue weighted by Crippen LogP contribution is -2.54. The molecule has 2 unspecified atom stereocenters. The highest BCUT2D eigenvalue weighted by atomic mass is 35.5. The Bertz CT molecular complexity index is 353. The minimum Gasteiger partial charge on any atom is -0.481 e. The standard InChI is InChI=1S/C15H28N2O3.ClH/c1-10(2)17(11(3)4)14(18)12(5)16-8-6-7-13(9-16)15(19)20;/h10-13H,6-9H2,1-5H3,(H,19,20);1H.